The van der Waals surface area contributed by atoms with Gasteiger partial charge in [-0.05, 0) is 56.2 Å². The lowest BCUT2D eigenvalue weighted by atomic mass is 10.2. The van der Waals surface area contributed by atoms with Gasteiger partial charge in [0.25, 0.3) is 5.91 Å². The second-order valence-corrected chi connectivity index (χ2v) is 7.35. The van der Waals surface area contributed by atoms with E-state index in [9.17, 15) is 14.4 Å². The number of nitrogens with zero attached hydrogens (tertiary/aromatic N) is 1. The number of carbonyl (C=O) groups excluding carboxylic acids is 3. The Balaban J connectivity index is 1.49. The van der Waals surface area contributed by atoms with Gasteiger partial charge in [0, 0.05) is 24.7 Å². The van der Waals surface area contributed by atoms with Gasteiger partial charge in [0.2, 0.25) is 5.91 Å². The van der Waals surface area contributed by atoms with Crippen LogP contribution in [0.25, 0.3) is 0 Å². The van der Waals surface area contributed by atoms with Crippen LogP contribution < -0.4 is 14.8 Å². The molecule has 0 bridgehead atoms. The summed E-state index contributed by atoms with van der Waals surface area (Å²) in [5.74, 6) is 0.289. The Morgan fingerprint density at radius 3 is 2.34 bits per heavy atom. The molecule has 32 heavy (non-hydrogen) atoms. The molecule has 0 atom stereocenters. The smallest absolute Gasteiger partial charge is 0.338 e. The summed E-state index contributed by atoms with van der Waals surface area (Å²) in [7, 11) is 1.55. The number of amides is 2. The largest absolute Gasteiger partial charge is 0.493 e. The highest BCUT2D eigenvalue weighted by molar-refractivity contribution is 5.93. The number of ether oxygens (including phenoxy) is 3. The quantitative estimate of drug-likeness (QED) is 0.539. The van der Waals surface area contributed by atoms with E-state index in [2.05, 4.69) is 5.32 Å². The van der Waals surface area contributed by atoms with Crippen molar-refractivity contribution in [1.82, 2.24) is 4.90 Å². The summed E-state index contributed by atoms with van der Waals surface area (Å²) in [5.41, 5.74) is 0.997. The maximum Gasteiger partial charge on any atom is 0.338 e. The van der Waals surface area contributed by atoms with E-state index in [1.807, 2.05) is 12.1 Å². The van der Waals surface area contributed by atoms with Crippen LogP contribution in [0.3, 0.4) is 0 Å². The SMILES string of the molecule is CCOC(=O)c1ccc(NC(=O)CCN(C(=O)COc2ccccc2OC)C2CC2)cc1. The Labute approximate surface area is 187 Å². The summed E-state index contributed by atoms with van der Waals surface area (Å²) >= 11 is 0. The maximum absolute atomic E-state index is 12.7. The lowest BCUT2D eigenvalue weighted by Gasteiger charge is -2.22. The van der Waals surface area contributed by atoms with Crippen LogP contribution in [0.1, 0.15) is 36.5 Å². The van der Waals surface area contributed by atoms with E-state index in [0.29, 0.717) is 35.9 Å². The molecule has 1 aliphatic rings. The number of benzene rings is 2. The Hall–Kier alpha value is -3.55. The first-order chi connectivity index (χ1) is 15.5. The highest BCUT2D eigenvalue weighted by Crippen LogP contribution is 2.29. The molecule has 0 unspecified atom stereocenters. The lowest BCUT2D eigenvalue weighted by molar-refractivity contribution is -0.134. The molecule has 0 saturated heterocycles. The number of carbonyl (C=O) groups is 3. The minimum Gasteiger partial charge on any atom is -0.493 e. The van der Waals surface area contributed by atoms with Crippen LogP contribution in [0.2, 0.25) is 0 Å². The summed E-state index contributed by atoms with van der Waals surface area (Å²) in [6, 6.07) is 13.8. The van der Waals surface area contributed by atoms with Crippen LogP contribution in [0, 0.1) is 0 Å². The number of anilines is 1. The van der Waals surface area contributed by atoms with Crippen molar-refractivity contribution in [3.05, 3.63) is 54.1 Å². The van der Waals surface area contributed by atoms with Crippen molar-refractivity contribution in [1.29, 1.82) is 0 Å². The number of nitrogens with one attached hydrogen (secondary N) is 1. The fraction of sp³-hybridized carbons (Fsp3) is 0.375. The normalized spacial score (nSPS) is 12.6. The molecule has 0 heterocycles. The molecule has 2 aromatic rings. The summed E-state index contributed by atoms with van der Waals surface area (Å²) in [4.78, 5) is 38.5. The van der Waals surface area contributed by atoms with Gasteiger partial charge in [-0.1, -0.05) is 12.1 Å². The van der Waals surface area contributed by atoms with Gasteiger partial charge in [-0.3, -0.25) is 9.59 Å². The summed E-state index contributed by atoms with van der Waals surface area (Å²) in [6.45, 7) is 2.24. The van der Waals surface area contributed by atoms with Gasteiger partial charge in [-0.2, -0.15) is 0 Å². The van der Waals surface area contributed by atoms with Crippen LogP contribution in [0.4, 0.5) is 5.69 Å². The topological polar surface area (TPSA) is 94.2 Å². The molecule has 8 heteroatoms. The van der Waals surface area contributed by atoms with Gasteiger partial charge in [0.15, 0.2) is 18.1 Å². The molecule has 8 nitrogen and oxygen atoms in total. The van der Waals surface area contributed by atoms with Crippen LogP contribution in [-0.4, -0.2) is 55.6 Å². The van der Waals surface area contributed by atoms with Crippen LogP contribution in [-0.2, 0) is 14.3 Å². The summed E-state index contributed by atoms with van der Waals surface area (Å²) in [5, 5.41) is 2.79. The minimum atomic E-state index is -0.403. The van der Waals surface area contributed by atoms with Crippen LogP contribution in [0.15, 0.2) is 48.5 Å². The van der Waals surface area contributed by atoms with E-state index < -0.39 is 5.97 Å². The van der Waals surface area contributed by atoms with Gasteiger partial charge >= 0.3 is 5.97 Å². The van der Waals surface area contributed by atoms with Crippen molar-refractivity contribution >= 4 is 23.5 Å². The Morgan fingerprint density at radius 2 is 1.72 bits per heavy atom. The first kappa shape index (κ1) is 23.1. The molecule has 1 N–H and O–H groups in total. The lowest BCUT2D eigenvalue weighted by Crippen LogP contribution is -2.38. The third-order valence-corrected chi connectivity index (χ3v) is 4.99. The van der Waals surface area contributed by atoms with Gasteiger partial charge < -0.3 is 24.4 Å². The predicted octanol–water partition coefficient (Wildman–Crippen LogP) is 3.27. The Morgan fingerprint density at radius 1 is 1.03 bits per heavy atom. The monoisotopic (exact) mass is 440 g/mol. The first-order valence-electron chi connectivity index (χ1n) is 10.6. The molecule has 1 aliphatic carbocycles. The third kappa shape index (κ3) is 6.47. The second kappa shape index (κ2) is 11.2. The molecule has 0 radical (unpaired) electrons. The molecule has 0 aromatic heterocycles. The molecule has 2 amide bonds. The number of hydrogen-bond acceptors (Lipinski definition) is 6. The molecule has 1 saturated carbocycles. The average molecular weight is 440 g/mol. The van der Waals surface area contributed by atoms with Crippen molar-refractivity contribution in [3.8, 4) is 11.5 Å². The van der Waals surface area contributed by atoms with E-state index in [4.69, 9.17) is 14.2 Å². The Kier molecular flexibility index (Phi) is 8.08. The highest BCUT2D eigenvalue weighted by Gasteiger charge is 2.32. The van der Waals surface area contributed by atoms with E-state index in [1.54, 1.807) is 55.3 Å². The Bertz CT molecular complexity index is 940. The average Bonchev–Trinajstić information content (AvgIpc) is 3.64. The standard InChI is InChI=1S/C24H28N2O6/c1-3-31-24(29)17-8-10-18(11-9-17)25-22(27)14-15-26(19-12-13-19)23(28)16-32-21-7-5-4-6-20(21)30-2/h4-11,19H,3,12-16H2,1-2H3,(H,25,27). The van der Waals surface area contributed by atoms with E-state index in [1.165, 1.54) is 0 Å². The first-order valence-corrected chi connectivity index (χ1v) is 10.6. The van der Waals surface area contributed by atoms with Crippen molar-refractivity contribution in [2.24, 2.45) is 0 Å². The van der Waals surface area contributed by atoms with Gasteiger partial charge in [0.1, 0.15) is 0 Å². The molecular weight excluding hydrogens is 412 g/mol. The zero-order chi connectivity index (χ0) is 22.9. The molecule has 2 aromatic carbocycles. The zero-order valence-corrected chi connectivity index (χ0v) is 18.3. The highest BCUT2D eigenvalue weighted by atomic mass is 16.5. The van der Waals surface area contributed by atoms with Gasteiger partial charge in [-0.15, -0.1) is 0 Å². The van der Waals surface area contributed by atoms with Crippen molar-refractivity contribution < 1.29 is 28.6 Å². The van der Waals surface area contributed by atoms with Gasteiger partial charge in [0.05, 0.1) is 19.3 Å². The van der Waals surface area contributed by atoms with Gasteiger partial charge in [-0.25, -0.2) is 4.79 Å². The number of esters is 1. The maximum atomic E-state index is 12.7. The van der Waals surface area contributed by atoms with E-state index >= 15 is 0 Å². The number of hydrogen-bond donors (Lipinski definition) is 1. The minimum absolute atomic E-state index is 0.117. The number of methoxy groups -OCH3 is 1. The zero-order valence-electron chi connectivity index (χ0n) is 18.3. The predicted molar refractivity (Wildman–Crippen MR) is 119 cm³/mol. The summed E-state index contributed by atoms with van der Waals surface area (Å²) in [6.07, 6.45) is 2.02. The fourth-order valence-electron chi connectivity index (χ4n) is 3.21. The molecule has 0 aliphatic heterocycles. The molecule has 1 fully saturated rings. The van der Waals surface area contributed by atoms with E-state index in [0.717, 1.165) is 12.8 Å². The second-order valence-electron chi connectivity index (χ2n) is 7.35. The third-order valence-electron chi connectivity index (χ3n) is 4.99. The van der Waals surface area contributed by atoms with Crippen molar-refractivity contribution in [2.45, 2.75) is 32.2 Å². The fourth-order valence-corrected chi connectivity index (χ4v) is 3.21. The molecule has 0 spiro atoms. The molecule has 170 valence electrons. The van der Waals surface area contributed by atoms with Crippen LogP contribution in [0.5, 0.6) is 11.5 Å². The van der Waals surface area contributed by atoms with Crippen LogP contribution >= 0.6 is 0 Å². The number of para-hydroxylation sites is 2. The molecule has 3 rings (SSSR count). The molecular formula is C24H28N2O6. The van der Waals surface area contributed by atoms with E-state index in [-0.39, 0.29) is 30.9 Å². The van der Waals surface area contributed by atoms with Crippen molar-refractivity contribution in [3.63, 3.8) is 0 Å². The number of rotatable bonds is 11. The van der Waals surface area contributed by atoms with Crippen molar-refractivity contribution in [2.75, 3.05) is 32.2 Å². The summed E-state index contributed by atoms with van der Waals surface area (Å²) < 4.78 is 15.8.